The number of aromatic nitrogens is 5. The van der Waals surface area contributed by atoms with Gasteiger partial charge in [-0.2, -0.15) is 5.10 Å². The van der Waals surface area contributed by atoms with Gasteiger partial charge in [-0.1, -0.05) is 0 Å². The number of carbonyl (C=O) groups is 1. The summed E-state index contributed by atoms with van der Waals surface area (Å²) in [5.41, 5.74) is 2.41. The number of fused-ring (bicyclic) bond motifs is 1. The highest BCUT2D eigenvalue weighted by molar-refractivity contribution is 14.2. The van der Waals surface area contributed by atoms with Gasteiger partial charge in [0.1, 0.15) is 18.3 Å². The number of anilines is 1. The molecule has 2 heterocycles. The highest BCUT2D eigenvalue weighted by atomic mass is 127. The average Bonchev–Trinajstić information content (AvgIpc) is 3.29. The van der Waals surface area contributed by atoms with Crippen LogP contribution in [0.25, 0.3) is 16.6 Å². The second-order valence-electron chi connectivity index (χ2n) is 7.26. The number of halogens is 1. The number of nitrogens with one attached hydrogen (secondary N) is 1. The number of carbonyl (C=O) groups excluding carboxylic acids is 1. The summed E-state index contributed by atoms with van der Waals surface area (Å²) in [5.74, 6) is 0. The molecule has 1 aromatic carbocycles. The molecule has 9 nitrogen and oxygen atoms in total. The van der Waals surface area contributed by atoms with E-state index in [4.69, 9.17) is 4.74 Å². The largest absolute Gasteiger partial charge is 0.444 e. The lowest BCUT2D eigenvalue weighted by Crippen LogP contribution is -2.36. The normalized spacial score (nSPS) is 12.0. The zero-order valence-electron chi connectivity index (χ0n) is 16.2. The summed E-state index contributed by atoms with van der Waals surface area (Å²) >= 11 is 2.31. The highest BCUT2D eigenvalue weighted by Gasteiger charge is 2.19. The first-order chi connectivity index (χ1) is 13.3. The number of nitrogens with zero attached hydrogens (tertiary/aromatic N) is 6. The molecule has 2 aromatic heterocycles. The first kappa shape index (κ1) is 20.8. The van der Waals surface area contributed by atoms with Crippen LogP contribution >= 0.6 is 28.4 Å². The van der Waals surface area contributed by atoms with Crippen molar-refractivity contribution in [2.75, 3.05) is 25.5 Å². The van der Waals surface area contributed by atoms with E-state index in [1.807, 2.05) is 42.1 Å². The van der Waals surface area contributed by atoms with Crippen LogP contribution in [-0.4, -0.2) is 61.0 Å². The molecule has 11 heteroatoms. The number of benzene rings is 1. The quantitative estimate of drug-likeness (QED) is 0.398. The molecular weight excluding hydrogens is 492 g/mol. The molecule has 1 atom stereocenters. The first-order valence-corrected chi connectivity index (χ1v) is 12.8. The van der Waals surface area contributed by atoms with Crippen LogP contribution in [0.4, 0.5) is 10.5 Å². The Kier molecular flexibility index (Phi) is 6.39. The van der Waals surface area contributed by atoms with Crippen LogP contribution in [0.2, 0.25) is 0 Å². The third-order valence-corrected chi connectivity index (χ3v) is 5.83. The molecule has 1 N–H and O–H groups in total. The first-order valence-electron chi connectivity index (χ1n) is 8.70. The number of rotatable bonds is 6. The molecule has 0 saturated carbocycles. The molecule has 28 heavy (non-hydrogen) atoms. The molecule has 0 radical (unpaired) electrons. The van der Waals surface area contributed by atoms with Gasteiger partial charge in [0.2, 0.25) is 0 Å². The van der Waals surface area contributed by atoms with E-state index in [1.54, 1.807) is 24.6 Å². The molecule has 1 amide bonds. The summed E-state index contributed by atoms with van der Waals surface area (Å²) in [6, 6.07) is 4.09. The molecule has 3 aromatic rings. The molecule has 0 spiro atoms. The Morgan fingerprint density at radius 3 is 2.68 bits per heavy atom. The zero-order valence-corrected chi connectivity index (χ0v) is 19.3. The van der Waals surface area contributed by atoms with Gasteiger partial charge in [-0.05, 0) is 54.9 Å². The lowest BCUT2D eigenvalue weighted by atomic mass is 10.2. The van der Waals surface area contributed by atoms with Crippen molar-refractivity contribution in [2.24, 2.45) is 0 Å². The van der Waals surface area contributed by atoms with Gasteiger partial charge in [-0.15, -0.1) is 10.2 Å². The third kappa shape index (κ3) is 4.91. The fourth-order valence-electron chi connectivity index (χ4n) is 2.60. The van der Waals surface area contributed by atoms with Gasteiger partial charge < -0.3 is 15.0 Å². The van der Waals surface area contributed by atoms with E-state index in [2.05, 4.69) is 48.7 Å². The fourth-order valence-corrected chi connectivity index (χ4v) is 4.13. The van der Waals surface area contributed by atoms with Gasteiger partial charge >= 0.3 is 6.09 Å². The Hall–Kier alpha value is -1.94. The van der Waals surface area contributed by atoms with Gasteiger partial charge in [0.15, 0.2) is 0 Å². The van der Waals surface area contributed by atoms with Gasteiger partial charge in [-0.3, -0.25) is 4.57 Å². The average molecular weight is 515 g/mol. The molecule has 0 fully saturated rings. The Bertz CT molecular complexity index is 952. The second kappa shape index (κ2) is 8.60. The molecule has 0 aliphatic carbocycles. The Balaban J connectivity index is 1.77. The minimum Gasteiger partial charge on any atom is -0.444 e. The van der Waals surface area contributed by atoms with E-state index in [9.17, 15) is 4.79 Å². The molecule has 3 rings (SSSR count). The molecule has 150 valence electrons. The molecule has 0 saturated heterocycles. The molecular formula is C17H23IN7O2P. The van der Waals surface area contributed by atoms with Gasteiger partial charge in [0.25, 0.3) is 0 Å². The monoisotopic (exact) mass is 515 g/mol. The maximum Gasteiger partial charge on any atom is 0.410 e. The fraction of sp³-hybridized carbons (Fsp3) is 0.412. The topological polar surface area (TPSA) is 90.1 Å². The number of hydrogen-bond donors (Lipinski definition) is 1. The van der Waals surface area contributed by atoms with E-state index in [0.29, 0.717) is 19.5 Å². The van der Waals surface area contributed by atoms with Crippen LogP contribution in [0.15, 0.2) is 31.0 Å². The maximum atomic E-state index is 12.1. The van der Waals surface area contributed by atoms with Crippen molar-refractivity contribution in [1.82, 2.24) is 29.2 Å². The maximum absolute atomic E-state index is 12.1. The number of ether oxygens (including phenoxy) is 1. The summed E-state index contributed by atoms with van der Waals surface area (Å²) in [4.78, 5) is 13.7. The summed E-state index contributed by atoms with van der Waals surface area (Å²) in [5, 5.41) is 16.7. The van der Waals surface area contributed by atoms with Crippen LogP contribution in [0, 0.1) is 0 Å². The third-order valence-electron chi connectivity index (χ3n) is 3.94. The van der Waals surface area contributed by atoms with Crippen molar-refractivity contribution < 1.29 is 9.53 Å². The molecule has 0 bridgehead atoms. The lowest BCUT2D eigenvalue weighted by molar-refractivity contribution is 0.0305. The summed E-state index contributed by atoms with van der Waals surface area (Å²) in [6.45, 7) is 6.66. The minimum absolute atomic E-state index is 0.336. The molecule has 1 unspecified atom stereocenters. The van der Waals surface area contributed by atoms with Crippen molar-refractivity contribution in [3.05, 3.63) is 31.0 Å². The predicted molar refractivity (Wildman–Crippen MR) is 120 cm³/mol. The smallest absolute Gasteiger partial charge is 0.410 e. The van der Waals surface area contributed by atoms with E-state index < -0.39 is 5.60 Å². The van der Waals surface area contributed by atoms with E-state index >= 15 is 0 Å². The number of amides is 1. The van der Waals surface area contributed by atoms with Gasteiger partial charge in [0.05, 0.1) is 23.8 Å². The van der Waals surface area contributed by atoms with Crippen molar-refractivity contribution in [1.29, 1.82) is 0 Å². The summed E-state index contributed by atoms with van der Waals surface area (Å²) in [7, 11) is 1.73. The number of likely N-dealkylation sites (N-methyl/N-ethyl adjacent to an activating group) is 1. The van der Waals surface area contributed by atoms with E-state index in [1.165, 1.54) is 0 Å². The Labute approximate surface area is 178 Å². The van der Waals surface area contributed by atoms with Crippen molar-refractivity contribution in [3.63, 3.8) is 0 Å². The lowest BCUT2D eigenvalue weighted by Gasteiger charge is -2.24. The van der Waals surface area contributed by atoms with Crippen molar-refractivity contribution in [2.45, 2.75) is 26.4 Å². The van der Waals surface area contributed by atoms with Crippen LogP contribution < -0.4 is 5.32 Å². The predicted octanol–water partition coefficient (Wildman–Crippen LogP) is 3.69. The highest BCUT2D eigenvalue weighted by Crippen LogP contribution is 2.33. The minimum atomic E-state index is -0.507. The van der Waals surface area contributed by atoms with Crippen LogP contribution in [0.1, 0.15) is 20.8 Å². The van der Waals surface area contributed by atoms with E-state index in [-0.39, 0.29) is 6.09 Å². The van der Waals surface area contributed by atoms with Crippen LogP contribution in [0.5, 0.6) is 0 Å². The summed E-state index contributed by atoms with van der Waals surface area (Å²) < 4.78 is 9.20. The second-order valence-corrected chi connectivity index (χ2v) is 9.30. The van der Waals surface area contributed by atoms with Gasteiger partial charge in [-0.25, -0.2) is 9.25 Å². The van der Waals surface area contributed by atoms with Crippen LogP contribution in [-0.2, 0) is 4.74 Å². The molecule has 0 aliphatic rings. The Morgan fingerprint density at radius 1 is 1.32 bits per heavy atom. The Morgan fingerprint density at radius 2 is 2.04 bits per heavy atom. The van der Waals surface area contributed by atoms with Crippen molar-refractivity contribution in [3.8, 4) is 5.69 Å². The van der Waals surface area contributed by atoms with Crippen LogP contribution in [0.3, 0.4) is 0 Å². The van der Waals surface area contributed by atoms with E-state index in [0.717, 1.165) is 22.3 Å². The summed E-state index contributed by atoms with van der Waals surface area (Å²) in [6.07, 6.45) is 5.34. The zero-order chi connectivity index (χ0) is 20.3. The van der Waals surface area contributed by atoms with Gasteiger partial charge in [0, 0.05) is 31.2 Å². The standard InChI is InChI=1S/C17H23IN7O2P/c1-17(2,3)27-16(26)23(4)6-5-19-14-7-12(24-10-20-21-11-24)8-15-13(14)9-22-25(15)28-18/h7-11,19,28H,5-6H2,1-4H3. The molecule has 0 aliphatic heterocycles. The van der Waals surface area contributed by atoms with Crippen molar-refractivity contribution >= 4 is 51.1 Å². The SMILES string of the molecule is CN(CCNc1cc(-n2cnnc2)cc2c1cnn2PI)C(=O)OC(C)(C)C. The number of hydrogen-bond acceptors (Lipinski definition) is 6.